The van der Waals surface area contributed by atoms with Gasteiger partial charge in [-0.05, 0) is 26.0 Å². The van der Waals surface area contributed by atoms with E-state index in [4.69, 9.17) is 13.9 Å². The Morgan fingerprint density at radius 2 is 2.16 bits per heavy atom. The average Bonchev–Trinajstić information content (AvgIpc) is 2.76. The summed E-state index contributed by atoms with van der Waals surface area (Å²) in [5, 5.41) is 0.581. The number of ether oxygens (including phenoxy) is 2. The third-order valence-corrected chi connectivity index (χ3v) is 2.88. The van der Waals surface area contributed by atoms with Gasteiger partial charge in [0.2, 0.25) is 5.76 Å². The van der Waals surface area contributed by atoms with E-state index in [-0.39, 0.29) is 12.4 Å². The number of hydrogen-bond donors (Lipinski definition) is 0. The molecule has 0 N–H and O–H groups in total. The quantitative estimate of drug-likeness (QED) is 0.626. The molecule has 0 saturated carbocycles. The number of aldehydes is 1. The Kier molecular flexibility index (Phi) is 3.55. The molecule has 0 atom stereocenters. The van der Waals surface area contributed by atoms with Crippen LogP contribution in [0.4, 0.5) is 0 Å². The maximum Gasteiger partial charge on any atom is 0.374 e. The molecule has 5 nitrogen and oxygen atoms in total. The van der Waals surface area contributed by atoms with Crippen molar-refractivity contribution in [2.75, 3.05) is 13.7 Å². The van der Waals surface area contributed by atoms with Gasteiger partial charge in [0.1, 0.15) is 0 Å². The van der Waals surface area contributed by atoms with Crippen LogP contribution in [-0.2, 0) is 4.74 Å². The first-order chi connectivity index (χ1) is 9.13. The maximum atomic E-state index is 11.8. The monoisotopic (exact) mass is 262 g/mol. The van der Waals surface area contributed by atoms with Gasteiger partial charge in [-0.3, -0.25) is 4.79 Å². The Morgan fingerprint density at radius 3 is 2.74 bits per heavy atom. The lowest BCUT2D eigenvalue weighted by molar-refractivity contribution is 0.0491. The van der Waals surface area contributed by atoms with Crippen molar-refractivity contribution in [1.29, 1.82) is 0 Å². The fourth-order valence-electron chi connectivity index (χ4n) is 2.01. The molecule has 2 rings (SSSR count). The molecule has 0 bridgehead atoms. The number of aryl methyl sites for hydroxylation is 1. The van der Waals surface area contributed by atoms with E-state index in [1.807, 2.05) is 0 Å². The summed E-state index contributed by atoms with van der Waals surface area (Å²) in [5.41, 5.74) is 1.41. The summed E-state index contributed by atoms with van der Waals surface area (Å²) in [6.45, 7) is 3.69. The zero-order valence-corrected chi connectivity index (χ0v) is 11.0. The molecular formula is C14H14O5. The predicted molar refractivity (Wildman–Crippen MR) is 68.8 cm³/mol. The number of benzene rings is 1. The number of fused-ring (bicyclic) bond motifs is 1. The summed E-state index contributed by atoms with van der Waals surface area (Å²) >= 11 is 0. The minimum absolute atomic E-state index is 0.101. The van der Waals surface area contributed by atoms with Crippen LogP contribution in [0.2, 0.25) is 0 Å². The van der Waals surface area contributed by atoms with Gasteiger partial charge < -0.3 is 13.9 Å². The van der Waals surface area contributed by atoms with Gasteiger partial charge in [-0.15, -0.1) is 0 Å². The van der Waals surface area contributed by atoms with Gasteiger partial charge in [-0.25, -0.2) is 4.79 Å². The molecule has 0 radical (unpaired) electrons. The second kappa shape index (κ2) is 5.14. The molecule has 0 aliphatic rings. The summed E-state index contributed by atoms with van der Waals surface area (Å²) in [5.74, 6) is 0.0267. The summed E-state index contributed by atoms with van der Waals surface area (Å²) in [6, 6.07) is 3.26. The fraction of sp³-hybridized carbons (Fsp3) is 0.286. The number of hydrogen-bond acceptors (Lipinski definition) is 5. The highest BCUT2D eigenvalue weighted by Crippen LogP contribution is 2.34. The molecule has 0 unspecified atom stereocenters. The zero-order valence-electron chi connectivity index (χ0n) is 11.0. The first-order valence-corrected chi connectivity index (χ1v) is 5.86. The van der Waals surface area contributed by atoms with Crippen LogP contribution in [0.15, 0.2) is 16.5 Å². The Hall–Kier alpha value is -2.30. The maximum absolute atomic E-state index is 11.8. The lowest BCUT2D eigenvalue weighted by atomic mass is 10.1. The first-order valence-electron chi connectivity index (χ1n) is 5.86. The van der Waals surface area contributed by atoms with Crippen molar-refractivity contribution < 1.29 is 23.5 Å². The van der Waals surface area contributed by atoms with Gasteiger partial charge >= 0.3 is 5.97 Å². The van der Waals surface area contributed by atoms with Gasteiger partial charge in [-0.2, -0.15) is 0 Å². The Labute approximate surface area is 110 Å². The second-order valence-corrected chi connectivity index (χ2v) is 3.96. The minimum atomic E-state index is -0.546. The van der Waals surface area contributed by atoms with Crippen LogP contribution < -0.4 is 4.74 Å². The molecule has 1 heterocycles. The molecule has 0 fully saturated rings. The van der Waals surface area contributed by atoms with Gasteiger partial charge in [0.25, 0.3) is 0 Å². The minimum Gasteiger partial charge on any atom is -0.493 e. The lowest BCUT2D eigenvalue weighted by Crippen LogP contribution is -2.04. The Bertz CT molecular complexity index is 639. The number of carbonyl (C=O) groups is 2. The Balaban J connectivity index is 2.73. The third kappa shape index (κ3) is 2.07. The van der Waals surface area contributed by atoms with E-state index in [2.05, 4.69) is 0 Å². The molecule has 0 spiro atoms. The van der Waals surface area contributed by atoms with Crippen LogP contribution in [0.1, 0.15) is 33.4 Å². The molecule has 19 heavy (non-hydrogen) atoms. The molecule has 5 heteroatoms. The highest BCUT2D eigenvalue weighted by Gasteiger charge is 2.22. The SMILES string of the molecule is CCOC(=O)c1oc2c(OC)ccc(C=O)c2c1C. The van der Waals surface area contributed by atoms with Crippen molar-refractivity contribution in [3.05, 3.63) is 29.0 Å². The average molecular weight is 262 g/mol. The van der Waals surface area contributed by atoms with Crippen molar-refractivity contribution in [3.8, 4) is 5.75 Å². The van der Waals surface area contributed by atoms with Crippen molar-refractivity contribution in [1.82, 2.24) is 0 Å². The summed E-state index contributed by atoms with van der Waals surface area (Å²) in [4.78, 5) is 22.9. The van der Waals surface area contributed by atoms with Gasteiger partial charge in [0.05, 0.1) is 13.7 Å². The van der Waals surface area contributed by atoms with Crippen molar-refractivity contribution in [2.24, 2.45) is 0 Å². The van der Waals surface area contributed by atoms with Crippen molar-refractivity contribution in [2.45, 2.75) is 13.8 Å². The molecule has 1 aromatic carbocycles. The van der Waals surface area contributed by atoms with Crippen LogP contribution in [-0.4, -0.2) is 26.0 Å². The van der Waals surface area contributed by atoms with E-state index in [1.165, 1.54) is 7.11 Å². The van der Waals surface area contributed by atoms with E-state index in [9.17, 15) is 9.59 Å². The van der Waals surface area contributed by atoms with E-state index in [1.54, 1.807) is 26.0 Å². The second-order valence-electron chi connectivity index (χ2n) is 3.96. The highest BCUT2D eigenvalue weighted by molar-refractivity contribution is 6.04. The lowest BCUT2D eigenvalue weighted by Gasteiger charge is -2.01. The molecule has 0 aliphatic heterocycles. The Morgan fingerprint density at radius 1 is 1.42 bits per heavy atom. The van der Waals surface area contributed by atoms with Crippen LogP contribution in [0.25, 0.3) is 11.0 Å². The highest BCUT2D eigenvalue weighted by atomic mass is 16.5. The molecule has 0 amide bonds. The van der Waals surface area contributed by atoms with Crippen molar-refractivity contribution >= 4 is 23.2 Å². The van der Waals surface area contributed by atoms with Crippen molar-refractivity contribution in [3.63, 3.8) is 0 Å². The van der Waals surface area contributed by atoms with E-state index in [0.717, 1.165) is 6.29 Å². The number of esters is 1. The van der Waals surface area contributed by atoms with Crippen LogP contribution >= 0.6 is 0 Å². The van der Waals surface area contributed by atoms with Gasteiger partial charge in [0, 0.05) is 16.5 Å². The standard InChI is InChI=1S/C14H14O5/c1-4-18-14(16)12-8(2)11-9(7-15)5-6-10(17-3)13(11)19-12/h5-7H,4H2,1-3H3. The molecule has 2 aromatic rings. The summed E-state index contributed by atoms with van der Waals surface area (Å²) in [7, 11) is 1.50. The van der Waals surface area contributed by atoms with E-state index >= 15 is 0 Å². The number of rotatable bonds is 4. The molecular weight excluding hydrogens is 248 g/mol. The fourth-order valence-corrected chi connectivity index (χ4v) is 2.01. The van der Waals surface area contributed by atoms with E-state index in [0.29, 0.717) is 27.8 Å². The van der Waals surface area contributed by atoms with E-state index < -0.39 is 5.97 Å². The summed E-state index contributed by atoms with van der Waals surface area (Å²) < 4.78 is 15.6. The molecule has 0 saturated heterocycles. The smallest absolute Gasteiger partial charge is 0.374 e. The molecule has 0 aliphatic carbocycles. The van der Waals surface area contributed by atoms with Crippen LogP contribution in [0.5, 0.6) is 5.75 Å². The molecule has 1 aromatic heterocycles. The molecule has 100 valence electrons. The number of methoxy groups -OCH3 is 1. The topological polar surface area (TPSA) is 65.7 Å². The summed E-state index contributed by atoms with van der Waals surface area (Å²) in [6.07, 6.45) is 0.721. The van der Waals surface area contributed by atoms with Crippen LogP contribution in [0.3, 0.4) is 0 Å². The normalized spacial score (nSPS) is 10.5. The van der Waals surface area contributed by atoms with Gasteiger partial charge in [-0.1, -0.05) is 0 Å². The third-order valence-electron chi connectivity index (χ3n) is 2.88. The number of furan rings is 1. The number of carbonyl (C=O) groups excluding carboxylic acids is 2. The van der Waals surface area contributed by atoms with Crippen LogP contribution in [0, 0.1) is 6.92 Å². The predicted octanol–water partition coefficient (Wildman–Crippen LogP) is 2.74. The largest absolute Gasteiger partial charge is 0.493 e. The van der Waals surface area contributed by atoms with Gasteiger partial charge in [0.15, 0.2) is 17.6 Å². The zero-order chi connectivity index (χ0) is 14.0. The first kappa shape index (κ1) is 13.1.